The average molecular weight is 381 g/mol. The Morgan fingerprint density at radius 1 is 1.33 bits per heavy atom. The molecule has 1 aromatic carbocycles. The first-order valence-corrected chi connectivity index (χ1v) is 8.26. The number of piperidine rings is 1. The molecule has 0 unspecified atom stereocenters. The first-order chi connectivity index (χ1) is 12.9. The molecular weight excluding hydrogens is 364 g/mol. The Balaban J connectivity index is 1.64. The van der Waals surface area contributed by atoms with E-state index in [0.717, 1.165) is 6.07 Å². The third-order valence-corrected chi connectivity index (χ3v) is 4.27. The van der Waals surface area contributed by atoms with Gasteiger partial charge in [0, 0.05) is 25.2 Å². The number of hydrogen-bond donors (Lipinski definition) is 1. The second-order valence-electron chi connectivity index (χ2n) is 6.00. The number of anilines is 1. The van der Waals surface area contributed by atoms with Gasteiger partial charge in [0.15, 0.2) is 11.5 Å². The van der Waals surface area contributed by atoms with E-state index in [9.17, 15) is 23.7 Å². The third kappa shape index (κ3) is 4.52. The Hall–Kier alpha value is -3.17. The van der Waals surface area contributed by atoms with Crippen LogP contribution in [0.1, 0.15) is 23.4 Å². The quantitative estimate of drug-likeness (QED) is 0.607. The van der Waals surface area contributed by atoms with E-state index in [2.05, 4.69) is 10.1 Å². The van der Waals surface area contributed by atoms with Gasteiger partial charge in [-0.2, -0.15) is 8.78 Å². The molecular formula is C17H17F2N3O5. The third-order valence-electron chi connectivity index (χ3n) is 4.27. The van der Waals surface area contributed by atoms with Crippen molar-refractivity contribution in [3.63, 3.8) is 0 Å². The summed E-state index contributed by atoms with van der Waals surface area (Å²) >= 11 is 0. The fourth-order valence-corrected chi connectivity index (χ4v) is 2.94. The smallest absolute Gasteiger partial charge is 0.387 e. The number of nitrogens with zero attached hydrogens (tertiary/aromatic N) is 2. The zero-order valence-corrected chi connectivity index (χ0v) is 14.1. The highest BCUT2D eigenvalue weighted by atomic mass is 19.3. The van der Waals surface area contributed by atoms with Crippen molar-refractivity contribution in [2.75, 3.05) is 18.4 Å². The molecule has 0 radical (unpaired) electrons. The number of carbonyl (C=O) groups is 1. The molecule has 1 amide bonds. The first kappa shape index (κ1) is 18.6. The van der Waals surface area contributed by atoms with Crippen molar-refractivity contribution < 1.29 is 27.7 Å². The van der Waals surface area contributed by atoms with E-state index >= 15 is 0 Å². The van der Waals surface area contributed by atoms with Gasteiger partial charge in [-0.15, -0.1) is 0 Å². The predicted molar refractivity (Wildman–Crippen MR) is 91.0 cm³/mol. The van der Waals surface area contributed by atoms with Crippen molar-refractivity contribution in [2.24, 2.45) is 0 Å². The highest BCUT2D eigenvalue weighted by Crippen LogP contribution is 2.32. The Morgan fingerprint density at radius 3 is 2.67 bits per heavy atom. The maximum absolute atomic E-state index is 12.6. The molecule has 1 N–H and O–H groups in total. The van der Waals surface area contributed by atoms with Crippen molar-refractivity contribution in [1.29, 1.82) is 0 Å². The highest BCUT2D eigenvalue weighted by molar-refractivity contribution is 5.91. The minimum Gasteiger partial charge on any atom is -0.459 e. The van der Waals surface area contributed by atoms with Gasteiger partial charge in [0.2, 0.25) is 0 Å². The number of furan rings is 1. The van der Waals surface area contributed by atoms with E-state index in [1.54, 1.807) is 17.0 Å². The monoisotopic (exact) mass is 381 g/mol. The van der Waals surface area contributed by atoms with Crippen molar-refractivity contribution in [1.82, 2.24) is 4.90 Å². The average Bonchev–Trinajstić information content (AvgIpc) is 3.17. The van der Waals surface area contributed by atoms with Crippen LogP contribution in [0.4, 0.5) is 20.2 Å². The van der Waals surface area contributed by atoms with Gasteiger partial charge in [0.1, 0.15) is 0 Å². The first-order valence-electron chi connectivity index (χ1n) is 8.26. The molecule has 2 aromatic rings. The number of halogens is 2. The molecule has 1 aromatic heterocycles. The molecule has 1 aliphatic heterocycles. The van der Waals surface area contributed by atoms with Gasteiger partial charge in [-0.25, -0.2) is 0 Å². The number of carbonyl (C=O) groups excluding carboxylic acids is 1. The van der Waals surface area contributed by atoms with Crippen molar-refractivity contribution in [3.8, 4) is 5.75 Å². The fourth-order valence-electron chi connectivity index (χ4n) is 2.94. The van der Waals surface area contributed by atoms with Crippen LogP contribution in [-0.2, 0) is 0 Å². The predicted octanol–water partition coefficient (Wildman–Crippen LogP) is 3.51. The van der Waals surface area contributed by atoms with Crippen LogP contribution in [0.3, 0.4) is 0 Å². The van der Waals surface area contributed by atoms with Crippen molar-refractivity contribution in [2.45, 2.75) is 25.5 Å². The van der Waals surface area contributed by atoms with Gasteiger partial charge in [0.05, 0.1) is 22.9 Å². The van der Waals surface area contributed by atoms with Crippen molar-refractivity contribution in [3.05, 3.63) is 52.5 Å². The second-order valence-corrected chi connectivity index (χ2v) is 6.00. The molecule has 1 fully saturated rings. The van der Waals surface area contributed by atoms with Crippen LogP contribution in [0.25, 0.3) is 0 Å². The van der Waals surface area contributed by atoms with Gasteiger partial charge in [0.25, 0.3) is 11.6 Å². The molecule has 10 heteroatoms. The largest absolute Gasteiger partial charge is 0.459 e. The number of nitro groups is 1. The number of nitrogens with one attached hydrogen (secondary N) is 1. The number of ether oxygens (including phenoxy) is 1. The Bertz CT molecular complexity index is 805. The molecule has 0 bridgehead atoms. The summed E-state index contributed by atoms with van der Waals surface area (Å²) in [4.78, 5) is 24.1. The van der Waals surface area contributed by atoms with Crippen LogP contribution in [0.2, 0.25) is 0 Å². The lowest BCUT2D eigenvalue weighted by molar-refractivity contribution is -0.385. The second kappa shape index (κ2) is 8.02. The standard InChI is InChI=1S/C17H17F2N3O5/c18-17(19)27-15-10-12(22(24)25)3-4-13(15)20-11-5-7-21(8-6-11)16(23)14-2-1-9-26-14/h1-4,9-11,17,20H,5-8H2. The molecule has 1 aliphatic rings. The summed E-state index contributed by atoms with van der Waals surface area (Å²) in [5.41, 5.74) is -0.0909. The van der Waals surface area contributed by atoms with E-state index in [1.165, 1.54) is 18.4 Å². The SMILES string of the molecule is O=C(c1ccco1)N1CCC(Nc2ccc([N+](=O)[O-])cc2OC(F)F)CC1. The van der Waals surface area contributed by atoms with E-state index in [4.69, 9.17) is 4.42 Å². The summed E-state index contributed by atoms with van der Waals surface area (Å²) in [6.45, 7) is -2.16. The van der Waals surface area contributed by atoms with E-state index in [1.807, 2.05) is 0 Å². The lowest BCUT2D eigenvalue weighted by Gasteiger charge is -2.32. The molecule has 2 heterocycles. The Labute approximate surface area is 152 Å². The minimum atomic E-state index is -3.10. The number of nitro benzene ring substituents is 1. The molecule has 0 spiro atoms. The van der Waals surface area contributed by atoms with Gasteiger partial charge in [-0.05, 0) is 31.0 Å². The summed E-state index contributed by atoms with van der Waals surface area (Å²) in [5.74, 6) is -0.215. The van der Waals surface area contributed by atoms with Gasteiger partial charge >= 0.3 is 6.61 Å². The van der Waals surface area contributed by atoms with E-state index in [-0.39, 0.29) is 34.8 Å². The number of non-ortho nitro benzene ring substituents is 1. The molecule has 144 valence electrons. The Kier molecular flexibility index (Phi) is 5.53. The molecule has 8 nitrogen and oxygen atoms in total. The molecule has 0 aliphatic carbocycles. The fraction of sp³-hybridized carbons (Fsp3) is 0.353. The molecule has 0 atom stereocenters. The number of amides is 1. The maximum Gasteiger partial charge on any atom is 0.387 e. The van der Waals surface area contributed by atoms with Crippen LogP contribution in [0, 0.1) is 10.1 Å². The summed E-state index contributed by atoms with van der Waals surface area (Å²) in [5, 5.41) is 13.9. The lowest BCUT2D eigenvalue weighted by atomic mass is 10.0. The Morgan fingerprint density at radius 2 is 2.07 bits per heavy atom. The molecule has 3 rings (SSSR count). The summed E-state index contributed by atoms with van der Waals surface area (Å²) in [6.07, 6.45) is 2.59. The van der Waals surface area contributed by atoms with Crippen LogP contribution in [-0.4, -0.2) is 41.5 Å². The normalized spacial score (nSPS) is 15.0. The number of rotatable bonds is 6. The number of alkyl halides is 2. The number of likely N-dealkylation sites (tertiary alicyclic amines) is 1. The van der Waals surface area contributed by atoms with Crippen LogP contribution < -0.4 is 10.1 Å². The summed E-state index contributed by atoms with van der Waals surface area (Å²) in [6, 6.07) is 6.67. The topological polar surface area (TPSA) is 97.9 Å². The molecule has 1 saturated heterocycles. The van der Waals surface area contributed by atoms with Gasteiger partial charge in [-0.3, -0.25) is 14.9 Å². The van der Waals surface area contributed by atoms with E-state index < -0.39 is 11.5 Å². The van der Waals surface area contributed by atoms with Crippen molar-refractivity contribution >= 4 is 17.3 Å². The van der Waals surface area contributed by atoms with Gasteiger partial charge < -0.3 is 19.4 Å². The van der Waals surface area contributed by atoms with Crippen LogP contribution >= 0.6 is 0 Å². The maximum atomic E-state index is 12.6. The zero-order valence-electron chi connectivity index (χ0n) is 14.1. The lowest BCUT2D eigenvalue weighted by Crippen LogP contribution is -2.42. The van der Waals surface area contributed by atoms with Crippen LogP contribution in [0.5, 0.6) is 5.75 Å². The zero-order chi connectivity index (χ0) is 19.4. The number of benzene rings is 1. The molecule has 27 heavy (non-hydrogen) atoms. The minimum absolute atomic E-state index is 0.0906. The number of hydrogen-bond acceptors (Lipinski definition) is 6. The van der Waals surface area contributed by atoms with Crippen LogP contribution in [0.15, 0.2) is 41.0 Å². The van der Waals surface area contributed by atoms with E-state index in [0.29, 0.717) is 25.9 Å². The molecule has 0 saturated carbocycles. The summed E-state index contributed by atoms with van der Waals surface area (Å²) in [7, 11) is 0. The van der Waals surface area contributed by atoms with Gasteiger partial charge in [-0.1, -0.05) is 0 Å². The highest BCUT2D eigenvalue weighted by Gasteiger charge is 2.26. The summed E-state index contributed by atoms with van der Waals surface area (Å²) < 4.78 is 34.7.